The molecule has 0 aliphatic carbocycles. The van der Waals surface area contributed by atoms with Crippen molar-refractivity contribution < 1.29 is 9.59 Å². The number of nitrogens with zero attached hydrogens (tertiary/aromatic N) is 4. The number of unbranched alkanes of at least 4 members (excludes halogenated alkanes) is 1. The highest BCUT2D eigenvalue weighted by Gasteiger charge is 2.23. The minimum atomic E-state index is -0.0858. The average molecular weight is 510 g/mol. The number of carbonyl (C=O) groups excluding carboxylic acids is 2. The molecule has 0 spiro atoms. The molecule has 2 aliphatic heterocycles. The molecule has 3 rings (SSSR count). The monoisotopic (exact) mass is 508 g/mol. The van der Waals surface area contributed by atoms with E-state index in [0.29, 0.717) is 36.1 Å². The van der Waals surface area contributed by atoms with E-state index < -0.39 is 0 Å². The molecule has 0 aromatic heterocycles. The number of carbonyl (C=O) groups is 2. The molecular formula is C26H38Cl2N4O2. The Bertz CT molecular complexity index is 853. The standard InChI is InChI=1S/C26H38Cl2N4O2/c1-21(2)20-30-15-13-29(14-16-30)10-3-4-11-31-17-18-32(12-9-26(31)34)25(33)8-6-22-5-7-23(27)24(28)19-22/h5-8,19,21H,3-4,9-18,20H2,1-2H3/b8-6+. The molecule has 0 N–H and O–H groups in total. The first-order chi connectivity index (χ1) is 16.3. The lowest BCUT2D eigenvalue weighted by atomic mass is 10.2. The highest BCUT2D eigenvalue weighted by molar-refractivity contribution is 6.42. The topological polar surface area (TPSA) is 47.1 Å². The smallest absolute Gasteiger partial charge is 0.246 e. The Morgan fingerprint density at radius 2 is 1.65 bits per heavy atom. The average Bonchev–Trinajstić information content (AvgIpc) is 2.99. The van der Waals surface area contributed by atoms with Crippen LogP contribution < -0.4 is 0 Å². The van der Waals surface area contributed by atoms with Gasteiger partial charge in [-0.15, -0.1) is 0 Å². The van der Waals surface area contributed by atoms with E-state index in [1.807, 2.05) is 11.0 Å². The molecule has 2 fully saturated rings. The van der Waals surface area contributed by atoms with Gasteiger partial charge in [-0.25, -0.2) is 0 Å². The summed E-state index contributed by atoms with van der Waals surface area (Å²) in [4.78, 5) is 34.0. The van der Waals surface area contributed by atoms with Gasteiger partial charge >= 0.3 is 0 Å². The lowest BCUT2D eigenvalue weighted by Crippen LogP contribution is -2.47. The van der Waals surface area contributed by atoms with E-state index in [1.165, 1.54) is 6.54 Å². The van der Waals surface area contributed by atoms with Crippen LogP contribution in [-0.2, 0) is 9.59 Å². The van der Waals surface area contributed by atoms with Crippen molar-refractivity contribution in [1.82, 2.24) is 19.6 Å². The molecule has 188 valence electrons. The second-order valence-corrected chi connectivity index (χ2v) is 10.5. The van der Waals surface area contributed by atoms with Crippen LogP contribution in [0.4, 0.5) is 0 Å². The van der Waals surface area contributed by atoms with Crippen molar-refractivity contribution in [3.8, 4) is 0 Å². The van der Waals surface area contributed by atoms with Crippen molar-refractivity contribution in [1.29, 1.82) is 0 Å². The van der Waals surface area contributed by atoms with Gasteiger partial charge in [0.15, 0.2) is 0 Å². The molecule has 34 heavy (non-hydrogen) atoms. The van der Waals surface area contributed by atoms with E-state index >= 15 is 0 Å². The molecule has 2 saturated heterocycles. The Morgan fingerprint density at radius 1 is 0.941 bits per heavy atom. The Morgan fingerprint density at radius 3 is 2.35 bits per heavy atom. The Balaban J connectivity index is 1.37. The van der Waals surface area contributed by atoms with Crippen molar-refractivity contribution >= 4 is 41.1 Å². The maximum Gasteiger partial charge on any atom is 0.246 e. The minimum Gasteiger partial charge on any atom is -0.341 e. The number of piperazine rings is 1. The fourth-order valence-corrected chi connectivity index (χ4v) is 4.87. The number of halogens is 2. The van der Waals surface area contributed by atoms with Crippen LogP contribution in [0.5, 0.6) is 0 Å². The Labute approximate surface area is 214 Å². The van der Waals surface area contributed by atoms with E-state index in [0.717, 1.165) is 63.6 Å². The molecule has 2 amide bonds. The van der Waals surface area contributed by atoms with Crippen LogP contribution in [0.25, 0.3) is 6.08 Å². The van der Waals surface area contributed by atoms with E-state index in [2.05, 4.69) is 23.6 Å². The first-order valence-electron chi connectivity index (χ1n) is 12.5. The van der Waals surface area contributed by atoms with Crippen LogP contribution in [-0.4, -0.2) is 96.9 Å². The summed E-state index contributed by atoms with van der Waals surface area (Å²) in [6, 6.07) is 5.26. The van der Waals surface area contributed by atoms with Crippen LogP contribution in [0.3, 0.4) is 0 Å². The molecule has 0 bridgehead atoms. The summed E-state index contributed by atoms with van der Waals surface area (Å²) in [5, 5.41) is 0.945. The molecule has 0 unspecified atom stereocenters. The van der Waals surface area contributed by atoms with Gasteiger partial charge < -0.3 is 19.6 Å². The van der Waals surface area contributed by atoms with Crippen molar-refractivity contribution in [3.63, 3.8) is 0 Å². The summed E-state index contributed by atoms with van der Waals surface area (Å²) in [5.41, 5.74) is 0.816. The minimum absolute atomic E-state index is 0.0858. The van der Waals surface area contributed by atoms with E-state index in [1.54, 1.807) is 29.2 Å². The van der Waals surface area contributed by atoms with Crippen LogP contribution in [0, 0.1) is 5.92 Å². The summed E-state index contributed by atoms with van der Waals surface area (Å²) in [5.74, 6) is 0.783. The highest BCUT2D eigenvalue weighted by Crippen LogP contribution is 2.23. The zero-order chi connectivity index (χ0) is 24.5. The third kappa shape index (κ3) is 8.56. The number of hydrogen-bond donors (Lipinski definition) is 0. The number of hydrogen-bond acceptors (Lipinski definition) is 4. The number of benzene rings is 1. The van der Waals surface area contributed by atoms with E-state index in [-0.39, 0.29) is 11.8 Å². The van der Waals surface area contributed by atoms with Crippen LogP contribution in [0.15, 0.2) is 24.3 Å². The Hall–Kier alpha value is -1.60. The third-order valence-corrected chi connectivity index (χ3v) is 7.24. The number of rotatable bonds is 9. The zero-order valence-electron chi connectivity index (χ0n) is 20.5. The molecule has 1 aromatic carbocycles. The lowest BCUT2D eigenvalue weighted by Gasteiger charge is -2.35. The summed E-state index contributed by atoms with van der Waals surface area (Å²) < 4.78 is 0. The quantitative estimate of drug-likeness (QED) is 0.371. The molecule has 2 aliphatic rings. The van der Waals surface area contributed by atoms with Gasteiger partial charge in [0, 0.05) is 71.4 Å². The fraction of sp³-hybridized carbons (Fsp3) is 0.615. The second kappa shape index (κ2) is 13.5. The molecule has 6 nitrogen and oxygen atoms in total. The van der Waals surface area contributed by atoms with Crippen molar-refractivity contribution in [2.45, 2.75) is 33.1 Å². The van der Waals surface area contributed by atoms with E-state index in [9.17, 15) is 9.59 Å². The van der Waals surface area contributed by atoms with Gasteiger partial charge in [-0.1, -0.05) is 43.1 Å². The fourth-order valence-electron chi connectivity index (χ4n) is 4.56. The second-order valence-electron chi connectivity index (χ2n) is 9.71. The van der Waals surface area contributed by atoms with Gasteiger partial charge in [-0.3, -0.25) is 9.59 Å². The maximum absolute atomic E-state index is 12.6. The van der Waals surface area contributed by atoms with Gasteiger partial charge in [-0.2, -0.15) is 0 Å². The molecule has 8 heteroatoms. The van der Waals surface area contributed by atoms with Crippen LogP contribution >= 0.6 is 23.2 Å². The summed E-state index contributed by atoms with van der Waals surface area (Å²) in [6.45, 7) is 13.8. The summed E-state index contributed by atoms with van der Waals surface area (Å²) in [6.07, 6.45) is 5.76. The number of amides is 2. The molecule has 2 heterocycles. The van der Waals surface area contributed by atoms with Gasteiger partial charge in [0.1, 0.15) is 0 Å². The predicted octanol–water partition coefficient (Wildman–Crippen LogP) is 4.12. The SMILES string of the molecule is CC(C)CN1CCN(CCCCN2CCN(C(=O)/C=C/c3ccc(Cl)c(Cl)c3)CCC2=O)CC1. The summed E-state index contributed by atoms with van der Waals surface area (Å²) in [7, 11) is 0. The predicted molar refractivity (Wildman–Crippen MR) is 140 cm³/mol. The van der Waals surface area contributed by atoms with Crippen LogP contribution in [0.1, 0.15) is 38.7 Å². The molecule has 0 radical (unpaired) electrons. The Kier molecular flexibility index (Phi) is 10.7. The van der Waals surface area contributed by atoms with Gasteiger partial charge in [0.05, 0.1) is 10.0 Å². The van der Waals surface area contributed by atoms with Crippen molar-refractivity contribution in [2.24, 2.45) is 5.92 Å². The first-order valence-corrected chi connectivity index (χ1v) is 13.2. The van der Waals surface area contributed by atoms with Crippen molar-refractivity contribution in [2.75, 3.05) is 65.4 Å². The zero-order valence-corrected chi connectivity index (χ0v) is 22.0. The lowest BCUT2D eigenvalue weighted by molar-refractivity contribution is -0.130. The van der Waals surface area contributed by atoms with Crippen LogP contribution in [0.2, 0.25) is 10.0 Å². The first kappa shape index (κ1) is 27.0. The largest absolute Gasteiger partial charge is 0.341 e. The summed E-state index contributed by atoms with van der Waals surface area (Å²) >= 11 is 12.0. The van der Waals surface area contributed by atoms with Gasteiger partial charge in [0.2, 0.25) is 11.8 Å². The molecule has 1 aromatic rings. The third-order valence-electron chi connectivity index (χ3n) is 6.50. The molecule has 0 atom stereocenters. The highest BCUT2D eigenvalue weighted by atomic mass is 35.5. The van der Waals surface area contributed by atoms with Crippen molar-refractivity contribution in [3.05, 3.63) is 39.9 Å². The van der Waals surface area contributed by atoms with E-state index in [4.69, 9.17) is 23.2 Å². The van der Waals surface area contributed by atoms with Gasteiger partial charge in [0.25, 0.3) is 0 Å². The van der Waals surface area contributed by atoms with Gasteiger partial charge in [-0.05, 0) is 49.1 Å². The maximum atomic E-state index is 12.6. The molecule has 0 saturated carbocycles. The molecular weight excluding hydrogens is 471 g/mol. The normalized spacial score (nSPS) is 18.8.